The second-order valence-corrected chi connectivity index (χ2v) is 5.22. The Morgan fingerprint density at radius 2 is 1.86 bits per heavy atom. The third-order valence-corrected chi connectivity index (χ3v) is 3.51. The van der Waals surface area contributed by atoms with Gasteiger partial charge < -0.3 is 20.1 Å². The molecule has 0 radical (unpaired) electrons. The van der Waals surface area contributed by atoms with Gasteiger partial charge in [-0.15, -0.1) is 0 Å². The first-order chi connectivity index (χ1) is 10.7. The van der Waals surface area contributed by atoms with Crippen molar-refractivity contribution in [3.05, 3.63) is 53.6 Å². The zero-order chi connectivity index (χ0) is 15.4. The van der Waals surface area contributed by atoms with Crippen molar-refractivity contribution in [1.82, 2.24) is 5.32 Å². The van der Waals surface area contributed by atoms with E-state index < -0.39 is 0 Å². The zero-order valence-electron chi connectivity index (χ0n) is 11.7. The maximum atomic E-state index is 11.9. The Balaban J connectivity index is 1.51. The van der Waals surface area contributed by atoms with E-state index in [9.17, 15) is 4.79 Å². The summed E-state index contributed by atoms with van der Waals surface area (Å²) >= 11 is 5.99. The molecule has 1 heterocycles. The number of anilines is 1. The molecule has 0 aliphatic carbocycles. The maximum Gasteiger partial charge on any atom is 0.319 e. The van der Waals surface area contributed by atoms with E-state index in [-0.39, 0.29) is 12.1 Å². The van der Waals surface area contributed by atoms with E-state index in [2.05, 4.69) is 10.6 Å². The molecule has 3 rings (SSSR count). The lowest BCUT2D eigenvalue weighted by Gasteiger charge is -2.26. The first-order valence-electron chi connectivity index (χ1n) is 6.90. The van der Waals surface area contributed by atoms with Crippen molar-refractivity contribution >= 4 is 23.3 Å². The SMILES string of the molecule is O=C(NC[C@@H]1COc2ccccc2O1)Nc1ccccc1Cl. The van der Waals surface area contributed by atoms with Crippen LogP contribution in [0.5, 0.6) is 11.5 Å². The second kappa shape index (κ2) is 6.58. The lowest BCUT2D eigenvalue weighted by atomic mass is 10.2. The molecule has 0 bridgehead atoms. The van der Waals surface area contributed by atoms with Crippen LogP contribution in [0.4, 0.5) is 10.5 Å². The van der Waals surface area contributed by atoms with Crippen LogP contribution in [0.3, 0.4) is 0 Å². The van der Waals surface area contributed by atoms with Gasteiger partial charge in [0.2, 0.25) is 0 Å². The molecule has 22 heavy (non-hydrogen) atoms. The van der Waals surface area contributed by atoms with Gasteiger partial charge >= 0.3 is 6.03 Å². The highest BCUT2D eigenvalue weighted by Gasteiger charge is 2.21. The molecule has 2 N–H and O–H groups in total. The van der Waals surface area contributed by atoms with Gasteiger partial charge in [-0.05, 0) is 24.3 Å². The van der Waals surface area contributed by atoms with Gasteiger partial charge in [-0.2, -0.15) is 0 Å². The summed E-state index contributed by atoms with van der Waals surface area (Å²) in [6.45, 7) is 0.730. The van der Waals surface area contributed by atoms with Crippen LogP contribution >= 0.6 is 11.6 Å². The largest absolute Gasteiger partial charge is 0.486 e. The van der Waals surface area contributed by atoms with Gasteiger partial charge in [0, 0.05) is 0 Å². The minimum atomic E-state index is -0.337. The molecule has 0 fully saturated rings. The highest BCUT2D eigenvalue weighted by molar-refractivity contribution is 6.33. The van der Waals surface area contributed by atoms with Crippen LogP contribution in [0.2, 0.25) is 5.02 Å². The summed E-state index contributed by atoms with van der Waals surface area (Å²) in [5, 5.41) is 5.93. The zero-order valence-corrected chi connectivity index (χ0v) is 12.5. The summed E-state index contributed by atoms with van der Waals surface area (Å²) in [7, 11) is 0. The van der Waals surface area contributed by atoms with Crippen molar-refractivity contribution in [2.45, 2.75) is 6.10 Å². The molecule has 1 atom stereocenters. The molecular formula is C16H15ClN2O3. The van der Waals surface area contributed by atoms with E-state index in [1.54, 1.807) is 24.3 Å². The lowest BCUT2D eigenvalue weighted by molar-refractivity contribution is 0.0922. The number of hydrogen-bond donors (Lipinski definition) is 2. The van der Waals surface area contributed by atoms with Crippen LogP contribution in [0, 0.1) is 0 Å². The maximum absolute atomic E-state index is 11.9. The summed E-state index contributed by atoms with van der Waals surface area (Å²) in [4.78, 5) is 11.9. The van der Waals surface area contributed by atoms with E-state index >= 15 is 0 Å². The standard InChI is InChI=1S/C16H15ClN2O3/c17-12-5-1-2-6-13(12)19-16(20)18-9-11-10-21-14-7-3-4-8-15(14)22-11/h1-8,11H,9-10H2,(H2,18,19,20)/t11-/m1/s1. The van der Waals surface area contributed by atoms with Crippen molar-refractivity contribution in [3.8, 4) is 11.5 Å². The predicted octanol–water partition coefficient (Wildman–Crippen LogP) is 3.30. The van der Waals surface area contributed by atoms with Gasteiger partial charge in [0.15, 0.2) is 17.6 Å². The van der Waals surface area contributed by atoms with Gasteiger partial charge in [0.1, 0.15) is 6.61 Å². The number of urea groups is 1. The number of halogens is 1. The Hall–Kier alpha value is -2.40. The van der Waals surface area contributed by atoms with E-state index in [1.807, 2.05) is 24.3 Å². The van der Waals surface area contributed by atoms with Crippen LogP contribution in [-0.2, 0) is 0 Å². The first-order valence-corrected chi connectivity index (χ1v) is 7.28. The van der Waals surface area contributed by atoms with Gasteiger partial charge in [0.25, 0.3) is 0 Å². The fourth-order valence-electron chi connectivity index (χ4n) is 2.10. The molecule has 2 amide bonds. The van der Waals surface area contributed by atoms with E-state index in [1.165, 1.54) is 0 Å². The molecule has 6 heteroatoms. The average Bonchev–Trinajstić information content (AvgIpc) is 2.55. The number of hydrogen-bond acceptors (Lipinski definition) is 3. The molecule has 0 saturated heterocycles. The Labute approximate surface area is 133 Å². The van der Waals surface area contributed by atoms with Crippen molar-refractivity contribution in [2.75, 3.05) is 18.5 Å². The normalized spacial score (nSPS) is 16.0. The lowest BCUT2D eigenvalue weighted by Crippen LogP contribution is -2.42. The quantitative estimate of drug-likeness (QED) is 0.913. The molecule has 114 valence electrons. The van der Waals surface area contributed by atoms with Crippen molar-refractivity contribution in [1.29, 1.82) is 0 Å². The predicted molar refractivity (Wildman–Crippen MR) is 84.8 cm³/mol. The van der Waals surface area contributed by atoms with Crippen molar-refractivity contribution in [2.24, 2.45) is 0 Å². The Bertz CT molecular complexity index is 678. The number of benzene rings is 2. The van der Waals surface area contributed by atoms with Crippen LogP contribution in [0.1, 0.15) is 0 Å². The molecule has 0 saturated carbocycles. The molecule has 0 spiro atoms. The monoisotopic (exact) mass is 318 g/mol. The number of amides is 2. The van der Waals surface area contributed by atoms with Gasteiger partial charge in [-0.25, -0.2) is 4.79 Å². The third-order valence-electron chi connectivity index (χ3n) is 3.18. The molecule has 1 aliphatic rings. The highest BCUT2D eigenvalue weighted by atomic mass is 35.5. The fraction of sp³-hybridized carbons (Fsp3) is 0.188. The number of ether oxygens (including phenoxy) is 2. The van der Waals surface area contributed by atoms with E-state index in [4.69, 9.17) is 21.1 Å². The molecular weight excluding hydrogens is 304 g/mol. The Morgan fingerprint density at radius 1 is 1.14 bits per heavy atom. The summed E-state index contributed by atoms with van der Waals surface area (Å²) < 4.78 is 11.4. The van der Waals surface area contributed by atoms with Crippen molar-refractivity contribution < 1.29 is 14.3 Å². The number of nitrogens with one attached hydrogen (secondary N) is 2. The topological polar surface area (TPSA) is 59.6 Å². The van der Waals surface area contributed by atoms with E-state index in [0.717, 1.165) is 5.75 Å². The number of carbonyl (C=O) groups is 1. The molecule has 2 aromatic carbocycles. The number of rotatable bonds is 3. The minimum Gasteiger partial charge on any atom is -0.486 e. The number of carbonyl (C=O) groups excluding carboxylic acids is 1. The Kier molecular flexibility index (Phi) is 4.34. The van der Waals surface area contributed by atoms with Crippen molar-refractivity contribution in [3.63, 3.8) is 0 Å². The molecule has 5 nitrogen and oxygen atoms in total. The molecule has 0 unspecified atom stereocenters. The number of para-hydroxylation sites is 3. The minimum absolute atomic E-state index is 0.230. The summed E-state index contributed by atoms with van der Waals surface area (Å²) in [6, 6.07) is 14.2. The van der Waals surface area contributed by atoms with E-state index in [0.29, 0.717) is 29.6 Å². The summed E-state index contributed by atoms with van der Waals surface area (Å²) in [5.41, 5.74) is 0.563. The first kappa shape index (κ1) is 14.5. The molecule has 0 aromatic heterocycles. The third kappa shape index (κ3) is 3.43. The second-order valence-electron chi connectivity index (χ2n) is 4.81. The van der Waals surface area contributed by atoms with Crippen LogP contribution in [-0.4, -0.2) is 25.3 Å². The highest BCUT2D eigenvalue weighted by Crippen LogP contribution is 2.30. The number of fused-ring (bicyclic) bond motifs is 1. The summed E-state index contributed by atoms with van der Waals surface area (Å²) in [5.74, 6) is 1.41. The van der Waals surface area contributed by atoms with Gasteiger partial charge in [-0.1, -0.05) is 35.9 Å². The molecule has 1 aliphatic heterocycles. The van der Waals surface area contributed by atoms with Crippen LogP contribution in [0.15, 0.2) is 48.5 Å². The molecule has 2 aromatic rings. The Morgan fingerprint density at radius 3 is 2.68 bits per heavy atom. The van der Waals surface area contributed by atoms with Crippen LogP contribution < -0.4 is 20.1 Å². The van der Waals surface area contributed by atoms with Gasteiger partial charge in [-0.3, -0.25) is 0 Å². The van der Waals surface area contributed by atoms with Gasteiger partial charge in [0.05, 0.1) is 17.3 Å². The summed E-state index contributed by atoms with van der Waals surface area (Å²) in [6.07, 6.45) is -0.230. The fourth-order valence-corrected chi connectivity index (χ4v) is 2.28. The van der Waals surface area contributed by atoms with Crippen LogP contribution in [0.25, 0.3) is 0 Å². The smallest absolute Gasteiger partial charge is 0.319 e. The average molecular weight is 319 g/mol.